The average Bonchev–Trinajstić information content (AvgIpc) is 2.85. The molecule has 0 aliphatic carbocycles. The molecule has 1 heterocycles. The Labute approximate surface area is 117 Å². The summed E-state index contributed by atoms with van der Waals surface area (Å²) in [4.78, 5) is 4.11. The van der Waals surface area contributed by atoms with Gasteiger partial charge < -0.3 is 10.5 Å². The van der Waals surface area contributed by atoms with E-state index < -0.39 is 5.82 Å². The third-order valence-corrected chi connectivity index (χ3v) is 2.97. The summed E-state index contributed by atoms with van der Waals surface area (Å²) in [7, 11) is 0. The molecule has 0 aliphatic rings. The Hall–Kier alpha value is -1.95. The highest BCUT2D eigenvalue weighted by Crippen LogP contribution is 2.22. The standard InChI is InChI=1S/C14H19FN4O/c1-9(2)19-14(17-8-18-19)7-20-13-5-4-11(10(3)16)6-12(13)15/h4-6,8-10H,7,16H2,1-3H3/t10-/m1/s1. The van der Waals surface area contributed by atoms with E-state index in [4.69, 9.17) is 10.5 Å². The minimum Gasteiger partial charge on any atom is -0.483 e. The molecule has 0 radical (unpaired) electrons. The van der Waals surface area contributed by atoms with E-state index in [2.05, 4.69) is 10.1 Å². The fraction of sp³-hybridized carbons (Fsp3) is 0.429. The largest absolute Gasteiger partial charge is 0.483 e. The van der Waals surface area contributed by atoms with E-state index in [1.54, 1.807) is 23.7 Å². The smallest absolute Gasteiger partial charge is 0.165 e. The van der Waals surface area contributed by atoms with Crippen LogP contribution in [0.2, 0.25) is 0 Å². The molecule has 0 bridgehead atoms. The molecule has 0 saturated heterocycles. The molecule has 0 spiro atoms. The van der Waals surface area contributed by atoms with Crippen molar-refractivity contribution in [2.24, 2.45) is 5.73 Å². The van der Waals surface area contributed by atoms with E-state index in [-0.39, 0.29) is 24.4 Å². The van der Waals surface area contributed by atoms with Gasteiger partial charge in [0, 0.05) is 12.1 Å². The second-order valence-electron chi connectivity index (χ2n) is 4.98. The molecule has 1 atom stereocenters. The number of benzene rings is 1. The second-order valence-corrected chi connectivity index (χ2v) is 4.98. The van der Waals surface area contributed by atoms with Crippen LogP contribution in [0.25, 0.3) is 0 Å². The van der Waals surface area contributed by atoms with Gasteiger partial charge in [0.15, 0.2) is 17.4 Å². The molecule has 2 N–H and O–H groups in total. The molecule has 0 aliphatic heterocycles. The minimum absolute atomic E-state index is 0.173. The van der Waals surface area contributed by atoms with Gasteiger partial charge in [0.2, 0.25) is 0 Å². The van der Waals surface area contributed by atoms with Gasteiger partial charge in [-0.25, -0.2) is 14.1 Å². The fourth-order valence-corrected chi connectivity index (χ4v) is 1.87. The maximum Gasteiger partial charge on any atom is 0.165 e. The summed E-state index contributed by atoms with van der Waals surface area (Å²) in [6.07, 6.45) is 1.47. The van der Waals surface area contributed by atoms with Crippen LogP contribution in [0.5, 0.6) is 5.75 Å². The number of nitrogens with zero attached hydrogens (tertiary/aromatic N) is 3. The van der Waals surface area contributed by atoms with Crippen molar-refractivity contribution in [3.05, 3.63) is 41.7 Å². The van der Waals surface area contributed by atoms with Gasteiger partial charge in [-0.2, -0.15) is 5.10 Å². The lowest BCUT2D eigenvalue weighted by Gasteiger charge is -2.12. The monoisotopic (exact) mass is 278 g/mol. The first kappa shape index (κ1) is 14.5. The van der Waals surface area contributed by atoms with Crippen LogP contribution in [0.3, 0.4) is 0 Å². The number of nitrogens with two attached hydrogens (primary N) is 1. The number of aromatic nitrogens is 3. The number of rotatable bonds is 5. The lowest BCUT2D eigenvalue weighted by atomic mass is 10.1. The van der Waals surface area contributed by atoms with E-state index in [0.29, 0.717) is 5.82 Å². The third kappa shape index (κ3) is 3.14. The van der Waals surface area contributed by atoms with Crippen LogP contribution in [-0.4, -0.2) is 14.8 Å². The first-order chi connectivity index (χ1) is 9.49. The molecule has 1 aromatic carbocycles. The molecule has 0 unspecified atom stereocenters. The van der Waals surface area contributed by atoms with Gasteiger partial charge >= 0.3 is 0 Å². The molecule has 108 valence electrons. The van der Waals surface area contributed by atoms with Crippen molar-refractivity contribution in [2.75, 3.05) is 0 Å². The molecule has 5 nitrogen and oxygen atoms in total. The van der Waals surface area contributed by atoms with Crippen LogP contribution in [0.1, 0.15) is 44.2 Å². The molecule has 6 heteroatoms. The van der Waals surface area contributed by atoms with Crippen molar-refractivity contribution in [1.82, 2.24) is 14.8 Å². The van der Waals surface area contributed by atoms with E-state index in [1.807, 2.05) is 13.8 Å². The molecule has 0 saturated carbocycles. The summed E-state index contributed by atoms with van der Waals surface area (Å²) in [5.74, 6) is 0.429. The maximum absolute atomic E-state index is 13.9. The van der Waals surface area contributed by atoms with Gasteiger partial charge in [-0.1, -0.05) is 6.07 Å². The van der Waals surface area contributed by atoms with Gasteiger partial charge in [0.25, 0.3) is 0 Å². The van der Waals surface area contributed by atoms with E-state index >= 15 is 0 Å². The van der Waals surface area contributed by atoms with E-state index in [9.17, 15) is 4.39 Å². The zero-order valence-electron chi connectivity index (χ0n) is 11.9. The Morgan fingerprint density at radius 2 is 2.10 bits per heavy atom. The second kappa shape index (κ2) is 6.00. The highest BCUT2D eigenvalue weighted by molar-refractivity contribution is 5.30. The number of ether oxygens (including phenoxy) is 1. The van der Waals surface area contributed by atoms with Crippen LogP contribution in [0.4, 0.5) is 4.39 Å². The van der Waals surface area contributed by atoms with Crippen LogP contribution in [-0.2, 0) is 6.61 Å². The van der Waals surface area contributed by atoms with Crippen LogP contribution in [0.15, 0.2) is 24.5 Å². The van der Waals surface area contributed by atoms with Crippen molar-refractivity contribution < 1.29 is 9.13 Å². The van der Waals surface area contributed by atoms with Crippen molar-refractivity contribution >= 4 is 0 Å². The summed E-state index contributed by atoms with van der Waals surface area (Å²) in [6, 6.07) is 4.72. The van der Waals surface area contributed by atoms with Crippen molar-refractivity contribution in [3.63, 3.8) is 0 Å². The summed E-state index contributed by atoms with van der Waals surface area (Å²) in [5, 5.41) is 4.10. The summed E-state index contributed by atoms with van der Waals surface area (Å²) < 4.78 is 21.1. The Bertz CT molecular complexity index is 580. The molecular weight excluding hydrogens is 259 g/mol. The predicted molar refractivity (Wildman–Crippen MR) is 73.7 cm³/mol. The van der Waals surface area contributed by atoms with Crippen molar-refractivity contribution in [1.29, 1.82) is 0 Å². The molecule has 1 aromatic heterocycles. The average molecular weight is 278 g/mol. The molecule has 0 amide bonds. The molecule has 20 heavy (non-hydrogen) atoms. The summed E-state index contributed by atoms with van der Waals surface area (Å²) in [6.45, 7) is 5.97. The first-order valence-corrected chi connectivity index (χ1v) is 6.55. The van der Waals surface area contributed by atoms with Gasteiger partial charge in [0.1, 0.15) is 12.9 Å². The zero-order chi connectivity index (χ0) is 14.7. The zero-order valence-corrected chi connectivity index (χ0v) is 11.9. The quantitative estimate of drug-likeness (QED) is 0.913. The van der Waals surface area contributed by atoms with Crippen molar-refractivity contribution in [3.8, 4) is 5.75 Å². The fourth-order valence-electron chi connectivity index (χ4n) is 1.87. The van der Waals surface area contributed by atoms with Gasteiger partial charge in [-0.3, -0.25) is 0 Å². The highest BCUT2D eigenvalue weighted by atomic mass is 19.1. The van der Waals surface area contributed by atoms with Crippen LogP contribution in [0, 0.1) is 5.82 Å². The first-order valence-electron chi connectivity index (χ1n) is 6.55. The lowest BCUT2D eigenvalue weighted by Crippen LogP contribution is -2.11. The van der Waals surface area contributed by atoms with Crippen LogP contribution >= 0.6 is 0 Å². The van der Waals surface area contributed by atoms with Gasteiger partial charge in [-0.05, 0) is 38.5 Å². The summed E-state index contributed by atoms with van der Waals surface area (Å²) in [5.41, 5.74) is 6.44. The topological polar surface area (TPSA) is 66.0 Å². The van der Waals surface area contributed by atoms with Gasteiger partial charge in [0.05, 0.1) is 0 Å². The minimum atomic E-state index is -0.421. The number of halogens is 1. The van der Waals surface area contributed by atoms with Crippen molar-refractivity contribution in [2.45, 2.75) is 39.5 Å². The van der Waals surface area contributed by atoms with Gasteiger partial charge in [-0.15, -0.1) is 0 Å². The molecule has 0 fully saturated rings. The predicted octanol–water partition coefficient (Wildman–Crippen LogP) is 2.60. The SMILES string of the molecule is CC(C)n1ncnc1COc1ccc([C@@H](C)N)cc1F. The maximum atomic E-state index is 13.9. The van der Waals surface area contributed by atoms with E-state index in [1.165, 1.54) is 12.4 Å². The molecular formula is C14H19FN4O. The number of hydrogen-bond acceptors (Lipinski definition) is 4. The van der Waals surface area contributed by atoms with E-state index in [0.717, 1.165) is 5.56 Å². The lowest BCUT2D eigenvalue weighted by molar-refractivity contribution is 0.269. The Kier molecular flexibility index (Phi) is 4.34. The summed E-state index contributed by atoms with van der Waals surface area (Å²) >= 11 is 0. The highest BCUT2D eigenvalue weighted by Gasteiger charge is 2.11. The molecule has 2 aromatic rings. The third-order valence-electron chi connectivity index (χ3n) is 2.97. The molecule has 2 rings (SSSR count). The Balaban J connectivity index is 2.09. The Morgan fingerprint density at radius 1 is 1.35 bits per heavy atom. The Morgan fingerprint density at radius 3 is 2.70 bits per heavy atom. The van der Waals surface area contributed by atoms with Crippen LogP contribution < -0.4 is 10.5 Å². The normalized spacial score (nSPS) is 12.7. The number of hydrogen-bond donors (Lipinski definition) is 1.